The number of carbonyl (C=O) groups excluding carboxylic acids is 1. The van der Waals surface area contributed by atoms with E-state index in [1.165, 1.54) is 0 Å². The highest BCUT2D eigenvalue weighted by atomic mass is 79.9. The molecule has 1 rings (SSSR count). The Morgan fingerprint density at radius 3 is 2.52 bits per heavy atom. The number of ether oxygens (including phenoxy) is 1. The van der Waals surface area contributed by atoms with Crippen LogP contribution in [0.3, 0.4) is 0 Å². The van der Waals surface area contributed by atoms with E-state index in [2.05, 4.69) is 29.8 Å². The van der Waals surface area contributed by atoms with E-state index in [9.17, 15) is 4.79 Å². The third-order valence-electron chi connectivity index (χ3n) is 3.82. The van der Waals surface area contributed by atoms with E-state index in [0.29, 0.717) is 24.4 Å². The van der Waals surface area contributed by atoms with E-state index in [0.717, 1.165) is 22.9 Å². The Kier molecular flexibility index (Phi) is 7.18. The topological polar surface area (TPSA) is 55.6 Å². The number of hydrogen-bond donors (Lipinski definition) is 1. The minimum Gasteiger partial charge on any atom is -0.398 e. The first-order valence-electron chi connectivity index (χ1n) is 7.31. The normalized spacial score (nSPS) is 11.0. The molecule has 4 nitrogen and oxygen atoms in total. The molecule has 1 aromatic rings. The lowest BCUT2D eigenvalue weighted by atomic mass is 10.0. The van der Waals surface area contributed by atoms with Crippen molar-refractivity contribution in [1.29, 1.82) is 0 Å². The van der Waals surface area contributed by atoms with Gasteiger partial charge in [0.2, 0.25) is 0 Å². The summed E-state index contributed by atoms with van der Waals surface area (Å²) in [5, 5.41) is 0. The van der Waals surface area contributed by atoms with Crippen molar-refractivity contribution in [2.45, 2.75) is 39.7 Å². The molecule has 0 aliphatic heterocycles. The van der Waals surface area contributed by atoms with Crippen molar-refractivity contribution in [2.75, 3.05) is 26.0 Å². The van der Waals surface area contributed by atoms with Gasteiger partial charge in [-0.15, -0.1) is 0 Å². The predicted molar refractivity (Wildman–Crippen MR) is 90.6 cm³/mol. The van der Waals surface area contributed by atoms with Gasteiger partial charge in [-0.2, -0.15) is 0 Å². The van der Waals surface area contributed by atoms with E-state index in [1.54, 1.807) is 7.11 Å². The van der Waals surface area contributed by atoms with Crippen molar-refractivity contribution in [1.82, 2.24) is 4.90 Å². The van der Waals surface area contributed by atoms with Gasteiger partial charge in [0, 0.05) is 35.4 Å². The molecule has 0 heterocycles. The summed E-state index contributed by atoms with van der Waals surface area (Å²) in [6, 6.07) is 3.88. The zero-order valence-electron chi connectivity index (χ0n) is 13.3. The Bertz CT molecular complexity index is 487. The van der Waals surface area contributed by atoms with E-state index in [1.807, 2.05) is 24.0 Å². The number of anilines is 1. The van der Waals surface area contributed by atoms with Crippen molar-refractivity contribution in [3.05, 3.63) is 27.7 Å². The fourth-order valence-corrected chi connectivity index (χ4v) is 2.92. The number of amides is 1. The molecule has 0 aliphatic rings. The number of benzene rings is 1. The quantitative estimate of drug-likeness (QED) is 0.759. The highest BCUT2D eigenvalue weighted by molar-refractivity contribution is 9.10. The summed E-state index contributed by atoms with van der Waals surface area (Å²) in [5.74, 6) is 0.0197. The maximum absolute atomic E-state index is 12.9. The Morgan fingerprint density at radius 2 is 2.00 bits per heavy atom. The lowest BCUT2D eigenvalue weighted by molar-refractivity contribution is 0.0588. The van der Waals surface area contributed by atoms with Crippen LogP contribution in [0.4, 0.5) is 5.69 Å². The minimum absolute atomic E-state index is 0.0197. The van der Waals surface area contributed by atoms with Crippen molar-refractivity contribution in [3.63, 3.8) is 0 Å². The molecule has 5 heteroatoms. The lowest BCUT2D eigenvalue weighted by Crippen LogP contribution is -2.42. The molecule has 0 saturated heterocycles. The van der Waals surface area contributed by atoms with Gasteiger partial charge in [0.1, 0.15) is 0 Å². The highest BCUT2D eigenvalue weighted by Crippen LogP contribution is 2.25. The van der Waals surface area contributed by atoms with Crippen LogP contribution in [0.15, 0.2) is 16.6 Å². The van der Waals surface area contributed by atoms with Gasteiger partial charge < -0.3 is 15.4 Å². The second-order valence-electron chi connectivity index (χ2n) is 5.13. The SMILES string of the molecule is CCC(CC)N(CCOC)C(=O)c1cc(Br)cc(N)c1C. The maximum Gasteiger partial charge on any atom is 0.254 e. The van der Waals surface area contributed by atoms with E-state index in [-0.39, 0.29) is 11.9 Å². The van der Waals surface area contributed by atoms with Gasteiger partial charge in [0.05, 0.1) is 6.61 Å². The first-order valence-corrected chi connectivity index (χ1v) is 8.11. The lowest BCUT2D eigenvalue weighted by Gasteiger charge is -2.31. The number of carbonyl (C=O) groups is 1. The fraction of sp³-hybridized carbons (Fsp3) is 0.562. The maximum atomic E-state index is 12.9. The molecule has 0 bridgehead atoms. The summed E-state index contributed by atoms with van der Waals surface area (Å²) in [5.41, 5.74) is 8.09. The number of methoxy groups -OCH3 is 1. The molecular formula is C16H25BrN2O2. The second kappa shape index (κ2) is 8.39. The van der Waals surface area contributed by atoms with Crippen LogP contribution in [0.25, 0.3) is 0 Å². The average molecular weight is 357 g/mol. The molecular weight excluding hydrogens is 332 g/mol. The fourth-order valence-electron chi connectivity index (χ4n) is 2.45. The zero-order valence-corrected chi connectivity index (χ0v) is 14.9. The number of rotatable bonds is 7. The monoisotopic (exact) mass is 356 g/mol. The van der Waals surface area contributed by atoms with Crippen LogP contribution in [0.2, 0.25) is 0 Å². The molecule has 0 aromatic heterocycles. The van der Waals surface area contributed by atoms with Gasteiger partial charge in [-0.3, -0.25) is 4.79 Å². The van der Waals surface area contributed by atoms with Crippen molar-refractivity contribution < 1.29 is 9.53 Å². The van der Waals surface area contributed by atoms with E-state index >= 15 is 0 Å². The van der Waals surface area contributed by atoms with Crippen LogP contribution >= 0.6 is 15.9 Å². The van der Waals surface area contributed by atoms with Crippen LogP contribution < -0.4 is 5.73 Å². The van der Waals surface area contributed by atoms with Crippen LogP contribution in [-0.2, 0) is 4.74 Å². The third kappa shape index (κ3) is 4.45. The number of nitrogens with two attached hydrogens (primary N) is 1. The molecule has 0 spiro atoms. The van der Waals surface area contributed by atoms with Gasteiger partial charge in [-0.05, 0) is 37.5 Å². The minimum atomic E-state index is 0.0197. The first kappa shape index (κ1) is 18.0. The molecule has 1 aromatic carbocycles. The van der Waals surface area contributed by atoms with E-state index in [4.69, 9.17) is 10.5 Å². The smallest absolute Gasteiger partial charge is 0.254 e. The largest absolute Gasteiger partial charge is 0.398 e. The molecule has 118 valence electrons. The standard InChI is InChI=1S/C16H25BrN2O2/c1-5-13(6-2)19(7-8-21-4)16(20)14-9-12(17)10-15(18)11(14)3/h9-10,13H,5-8,18H2,1-4H3. The molecule has 0 saturated carbocycles. The van der Waals surface area contributed by atoms with Crippen LogP contribution in [-0.4, -0.2) is 37.1 Å². The van der Waals surface area contributed by atoms with Crippen molar-refractivity contribution >= 4 is 27.5 Å². The first-order chi connectivity index (χ1) is 9.96. The summed E-state index contributed by atoms with van der Waals surface area (Å²) in [4.78, 5) is 14.8. The van der Waals surface area contributed by atoms with Crippen LogP contribution in [0.1, 0.15) is 42.6 Å². The molecule has 21 heavy (non-hydrogen) atoms. The average Bonchev–Trinajstić information content (AvgIpc) is 2.46. The summed E-state index contributed by atoms with van der Waals surface area (Å²) in [7, 11) is 1.65. The Morgan fingerprint density at radius 1 is 1.38 bits per heavy atom. The van der Waals surface area contributed by atoms with Gasteiger partial charge in [0.15, 0.2) is 0 Å². The predicted octanol–water partition coefficient (Wildman–Crippen LogP) is 3.62. The van der Waals surface area contributed by atoms with E-state index < -0.39 is 0 Å². The molecule has 2 N–H and O–H groups in total. The molecule has 0 radical (unpaired) electrons. The molecule has 0 aliphatic carbocycles. The summed E-state index contributed by atoms with van der Waals surface area (Å²) < 4.78 is 5.97. The Labute approximate surface area is 135 Å². The van der Waals surface area contributed by atoms with Crippen molar-refractivity contribution in [2.24, 2.45) is 0 Å². The summed E-state index contributed by atoms with van der Waals surface area (Å²) >= 11 is 3.41. The summed E-state index contributed by atoms with van der Waals surface area (Å²) in [6.07, 6.45) is 1.85. The number of halogens is 1. The molecule has 0 atom stereocenters. The van der Waals surface area contributed by atoms with Gasteiger partial charge in [-0.25, -0.2) is 0 Å². The number of hydrogen-bond acceptors (Lipinski definition) is 3. The van der Waals surface area contributed by atoms with Crippen molar-refractivity contribution in [3.8, 4) is 0 Å². The molecule has 0 unspecified atom stereocenters. The third-order valence-corrected chi connectivity index (χ3v) is 4.28. The van der Waals surface area contributed by atoms with Gasteiger partial charge in [-0.1, -0.05) is 29.8 Å². The highest BCUT2D eigenvalue weighted by Gasteiger charge is 2.24. The Hall–Kier alpha value is -1.07. The van der Waals surface area contributed by atoms with Crippen LogP contribution in [0.5, 0.6) is 0 Å². The van der Waals surface area contributed by atoms with Crippen LogP contribution in [0, 0.1) is 6.92 Å². The molecule has 0 fully saturated rings. The van der Waals surface area contributed by atoms with Gasteiger partial charge in [0.25, 0.3) is 5.91 Å². The van der Waals surface area contributed by atoms with Gasteiger partial charge >= 0.3 is 0 Å². The second-order valence-corrected chi connectivity index (χ2v) is 6.04. The number of nitrogens with zero attached hydrogens (tertiary/aromatic N) is 1. The Balaban J connectivity index is 3.15. The zero-order chi connectivity index (χ0) is 16.0. The molecule has 1 amide bonds. The number of nitrogen functional groups attached to an aromatic ring is 1. The summed E-state index contributed by atoms with van der Waals surface area (Å²) in [6.45, 7) is 7.21.